The predicted molar refractivity (Wildman–Crippen MR) is 109 cm³/mol. The third-order valence-corrected chi connectivity index (χ3v) is 5.15. The summed E-state index contributed by atoms with van der Waals surface area (Å²) < 4.78 is 19.3. The molecule has 2 aromatic rings. The Labute approximate surface area is 165 Å². The van der Waals surface area contributed by atoms with Crippen LogP contribution in [0.2, 0.25) is 0 Å². The number of hydrogen-bond acceptors (Lipinski definition) is 3. The maximum Gasteiger partial charge on any atom is 0.191 e. The molecule has 5 nitrogen and oxygen atoms in total. The highest BCUT2D eigenvalue weighted by Gasteiger charge is 2.45. The molecule has 0 aromatic heterocycles. The molecule has 1 saturated carbocycles. The summed E-state index contributed by atoms with van der Waals surface area (Å²) in [6, 6.07) is 14.3. The lowest BCUT2D eigenvalue weighted by atomic mass is 9.95. The third kappa shape index (κ3) is 4.81. The fraction of sp³-hybridized carbons (Fsp3) is 0.409. The Hall–Kier alpha value is -2.60. The van der Waals surface area contributed by atoms with Crippen LogP contribution in [0.3, 0.4) is 0 Å². The molecule has 0 aliphatic heterocycles. The molecule has 6 heteroatoms. The Morgan fingerprint density at radius 1 is 1.18 bits per heavy atom. The monoisotopic (exact) mass is 385 g/mol. The number of hydrogen-bond donors (Lipinski definition) is 3. The van der Waals surface area contributed by atoms with Crippen molar-refractivity contribution in [2.45, 2.75) is 31.3 Å². The van der Waals surface area contributed by atoms with E-state index in [2.05, 4.69) is 15.6 Å². The normalized spacial score (nSPS) is 16.4. The molecule has 0 spiro atoms. The van der Waals surface area contributed by atoms with E-state index in [-0.39, 0.29) is 11.2 Å². The largest absolute Gasteiger partial charge is 0.497 e. The number of ether oxygens (including phenoxy) is 1. The first-order valence-corrected chi connectivity index (χ1v) is 9.67. The summed E-state index contributed by atoms with van der Waals surface area (Å²) in [5.41, 5.74) is 1.34. The molecule has 150 valence electrons. The zero-order valence-electron chi connectivity index (χ0n) is 16.4. The van der Waals surface area contributed by atoms with E-state index in [0.717, 1.165) is 29.7 Å². The van der Waals surface area contributed by atoms with Gasteiger partial charge < -0.3 is 20.5 Å². The molecule has 0 heterocycles. The minimum Gasteiger partial charge on any atom is -0.497 e. The molecule has 1 atom stereocenters. The van der Waals surface area contributed by atoms with Crippen molar-refractivity contribution in [3.05, 3.63) is 65.5 Å². The minimum atomic E-state index is -0.670. The average Bonchev–Trinajstić information content (AvgIpc) is 3.51. The number of aliphatic hydroxyl groups is 1. The van der Waals surface area contributed by atoms with Crippen LogP contribution in [0.1, 0.15) is 37.0 Å². The van der Waals surface area contributed by atoms with Crippen molar-refractivity contribution < 1.29 is 14.2 Å². The number of aliphatic imine (C=N–C) groups is 1. The second kappa shape index (κ2) is 9.06. The van der Waals surface area contributed by atoms with Crippen molar-refractivity contribution in [2.24, 2.45) is 4.99 Å². The highest BCUT2D eigenvalue weighted by molar-refractivity contribution is 5.79. The lowest BCUT2D eigenvalue weighted by Gasteiger charge is -2.18. The number of benzene rings is 2. The summed E-state index contributed by atoms with van der Waals surface area (Å²) >= 11 is 0. The van der Waals surface area contributed by atoms with Crippen LogP contribution in [0.5, 0.6) is 5.75 Å². The van der Waals surface area contributed by atoms with E-state index in [1.165, 1.54) is 6.07 Å². The van der Waals surface area contributed by atoms with E-state index in [4.69, 9.17) is 4.74 Å². The first-order valence-electron chi connectivity index (χ1n) is 9.67. The van der Waals surface area contributed by atoms with E-state index in [1.54, 1.807) is 13.2 Å². The molecule has 28 heavy (non-hydrogen) atoms. The van der Waals surface area contributed by atoms with Crippen molar-refractivity contribution in [3.8, 4) is 5.75 Å². The molecule has 1 fully saturated rings. The van der Waals surface area contributed by atoms with Crippen LogP contribution in [-0.2, 0) is 5.41 Å². The van der Waals surface area contributed by atoms with Gasteiger partial charge in [-0.15, -0.1) is 0 Å². The number of methoxy groups -OCH3 is 1. The predicted octanol–water partition coefficient (Wildman–Crippen LogP) is 3.15. The van der Waals surface area contributed by atoms with E-state index < -0.39 is 6.10 Å². The van der Waals surface area contributed by atoms with Gasteiger partial charge >= 0.3 is 0 Å². The summed E-state index contributed by atoms with van der Waals surface area (Å²) in [5.74, 6) is 1.21. The number of nitrogens with zero attached hydrogens (tertiary/aromatic N) is 1. The van der Waals surface area contributed by atoms with Crippen LogP contribution < -0.4 is 15.4 Å². The van der Waals surface area contributed by atoms with E-state index in [9.17, 15) is 9.50 Å². The second-order valence-corrected chi connectivity index (χ2v) is 7.13. The standard InChI is InChI=1S/C22H28FN3O2/c1-3-24-21(25-14-20(27)16-8-10-17(28-2)11-9-16)26-15-22(12-13-22)18-6-4-5-7-19(18)23/h4-11,20,27H,3,12-15H2,1-2H3,(H2,24,25,26). The molecular formula is C22H28FN3O2. The first kappa shape index (κ1) is 20.1. The molecule has 0 saturated heterocycles. The fourth-order valence-electron chi connectivity index (χ4n) is 3.26. The zero-order valence-corrected chi connectivity index (χ0v) is 16.4. The van der Waals surface area contributed by atoms with Gasteiger partial charge in [0.05, 0.1) is 19.8 Å². The van der Waals surface area contributed by atoms with Gasteiger partial charge in [-0.05, 0) is 49.1 Å². The van der Waals surface area contributed by atoms with Crippen molar-refractivity contribution in [3.63, 3.8) is 0 Å². The van der Waals surface area contributed by atoms with Gasteiger partial charge in [0.1, 0.15) is 11.6 Å². The number of guanidine groups is 1. The van der Waals surface area contributed by atoms with Crippen LogP contribution in [0.15, 0.2) is 53.5 Å². The van der Waals surface area contributed by atoms with Gasteiger partial charge in [-0.25, -0.2) is 4.39 Å². The van der Waals surface area contributed by atoms with Crippen molar-refractivity contribution in [1.29, 1.82) is 0 Å². The maximum atomic E-state index is 14.2. The summed E-state index contributed by atoms with van der Waals surface area (Å²) in [6.45, 7) is 3.53. The SMILES string of the molecule is CCNC(=NCC1(c2ccccc2F)CC1)NCC(O)c1ccc(OC)cc1. The molecule has 3 N–H and O–H groups in total. The smallest absolute Gasteiger partial charge is 0.191 e. The van der Waals surface area contributed by atoms with Crippen LogP contribution in [0.4, 0.5) is 4.39 Å². The number of rotatable bonds is 8. The minimum absolute atomic E-state index is 0.164. The molecule has 3 rings (SSSR count). The molecule has 1 unspecified atom stereocenters. The van der Waals surface area contributed by atoms with Crippen LogP contribution in [0, 0.1) is 5.82 Å². The molecule has 0 radical (unpaired) electrons. The maximum absolute atomic E-state index is 14.2. The van der Waals surface area contributed by atoms with Crippen molar-refractivity contribution in [2.75, 3.05) is 26.7 Å². The topological polar surface area (TPSA) is 65.9 Å². The van der Waals surface area contributed by atoms with E-state index in [1.807, 2.05) is 43.3 Å². The second-order valence-electron chi connectivity index (χ2n) is 7.13. The molecule has 0 amide bonds. The Kier molecular flexibility index (Phi) is 6.52. The first-order chi connectivity index (χ1) is 13.6. The highest BCUT2D eigenvalue weighted by Crippen LogP contribution is 2.49. The van der Waals surface area contributed by atoms with Gasteiger partial charge in [0.25, 0.3) is 0 Å². The van der Waals surface area contributed by atoms with Gasteiger partial charge in [0.15, 0.2) is 5.96 Å². The fourth-order valence-corrected chi connectivity index (χ4v) is 3.26. The van der Waals surface area contributed by atoms with Gasteiger partial charge in [-0.1, -0.05) is 30.3 Å². The summed E-state index contributed by atoms with van der Waals surface area (Å²) in [4.78, 5) is 4.65. The summed E-state index contributed by atoms with van der Waals surface area (Å²) in [7, 11) is 1.61. The highest BCUT2D eigenvalue weighted by atomic mass is 19.1. The Morgan fingerprint density at radius 3 is 2.50 bits per heavy atom. The van der Waals surface area contributed by atoms with E-state index in [0.29, 0.717) is 25.6 Å². The number of aliphatic hydroxyl groups excluding tert-OH is 1. The molecule has 0 bridgehead atoms. The zero-order chi connectivity index (χ0) is 20.0. The van der Waals surface area contributed by atoms with Gasteiger partial charge in [0.2, 0.25) is 0 Å². The molecule has 1 aliphatic rings. The lowest BCUT2D eigenvalue weighted by molar-refractivity contribution is 0.180. The van der Waals surface area contributed by atoms with Gasteiger partial charge in [-0.3, -0.25) is 4.99 Å². The van der Waals surface area contributed by atoms with E-state index >= 15 is 0 Å². The molecular weight excluding hydrogens is 357 g/mol. The van der Waals surface area contributed by atoms with Crippen molar-refractivity contribution >= 4 is 5.96 Å². The van der Waals surface area contributed by atoms with Crippen LogP contribution in [-0.4, -0.2) is 37.8 Å². The molecule has 1 aliphatic carbocycles. The number of halogens is 1. The Balaban J connectivity index is 1.62. The van der Waals surface area contributed by atoms with Gasteiger partial charge in [-0.2, -0.15) is 0 Å². The summed E-state index contributed by atoms with van der Waals surface area (Å²) in [5, 5.41) is 16.8. The average molecular weight is 385 g/mol. The Morgan fingerprint density at radius 2 is 1.89 bits per heavy atom. The molecule has 2 aromatic carbocycles. The van der Waals surface area contributed by atoms with Crippen molar-refractivity contribution in [1.82, 2.24) is 10.6 Å². The van der Waals surface area contributed by atoms with Crippen LogP contribution in [0.25, 0.3) is 0 Å². The number of nitrogens with one attached hydrogen (secondary N) is 2. The quantitative estimate of drug-likeness (QED) is 0.482. The van der Waals surface area contributed by atoms with Gasteiger partial charge in [0, 0.05) is 18.5 Å². The van der Waals surface area contributed by atoms with Crippen LogP contribution >= 0.6 is 0 Å². The Bertz CT molecular complexity index is 804. The lowest BCUT2D eigenvalue weighted by Crippen LogP contribution is -2.40. The summed E-state index contributed by atoms with van der Waals surface area (Å²) in [6.07, 6.45) is 1.20. The third-order valence-electron chi connectivity index (χ3n) is 5.15.